The molecule has 1 aromatic rings. The van der Waals surface area contributed by atoms with Crippen molar-refractivity contribution in [3.05, 3.63) is 18.2 Å². The minimum absolute atomic E-state index is 0.110. The molecule has 1 amide bonds. The first-order chi connectivity index (χ1) is 7.70. The number of nitrogens with zero attached hydrogens (tertiary/aromatic N) is 1. The minimum Gasteiger partial charge on any atom is -0.508 e. The zero-order valence-electron chi connectivity index (χ0n) is 9.27. The Hall–Kier alpha value is -1.71. The number of carbonyl (C=O) groups excluding carboxylic acids is 1. The Morgan fingerprint density at radius 3 is 2.81 bits per heavy atom. The molecule has 2 rings (SSSR count). The maximum atomic E-state index is 11.7. The van der Waals surface area contributed by atoms with Crippen LogP contribution < -0.4 is 9.64 Å². The molecule has 0 saturated carbocycles. The highest BCUT2D eigenvalue weighted by atomic mass is 16.5. The summed E-state index contributed by atoms with van der Waals surface area (Å²) >= 11 is 0. The van der Waals surface area contributed by atoms with Crippen LogP contribution in [0.5, 0.6) is 11.5 Å². The summed E-state index contributed by atoms with van der Waals surface area (Å²) < 4.78 is 5.06. The fourth-order valence-electron chi connectivity index (χ4n) is 1.92. The quantitative estimate of drug-likeness (QED) is 0.830. The molecule has 0 bridgehead atoms. The number of hydrogen-bond donors (Lipinski definition) is 1. The monoisotopic (exact) mass is 221 g/mol. The molecule has 1 aromatic carbocycles. The van der Waals surface area contributed by atoms with Gasteiger partial charge in [0.1, 0.15) is 11.5 Å². The van der Waals surface area contributed by atoms with Crippen LogP contribution in [0.2, 0.25) is 0 Å². The Balaban J connectivity index is 2.31. The van der Waals surface area contributed by atoms with Crippen LogP contribution >= 0.6 is 0 Å². The zero-order valence-corrected chi connectivity index (χ0v) is 9.27. The van der Waals surface area contributed by atoms with E-state index in [1.165, 1.54) is 13.2 Å². The molecule has 0 aromatic heterocycles. The Morgan fingerprint density at radius 1 is 1.31 bits per heavy atom. The van der Waals surface area contributed by atoms with E-state index < -0.39 is 0 Å². The summed E-state index contributed by atoms with van der Waals surface area (Å²) in [4.78, 5) is 13.4. The lowest BCUT2D eigenvalue weighted by Crippen LogP contribution is -2.35. The molecule has 1 fully saturated rings. The average Bonchev–Trinajstić information content (AvgIpc) is 2.28. The van der Waals surface area contributed by atoms with Gasteiger partial charge in [-0.2, -0.15) is 0 Å². The Bertz CT molecular complexity index is 403. The number of amides is 1. The summed E-state index contributed by atoms with van der Waals surface area (Å²) in [5.41, 5.74) is 0.710. The van der Waals surface area contributed by atoms with E-state index >= 15 is 0 Å². The summed E-state index contributed by atoms with van der Waals surface area (Å²) in [5.74, 6) is 0.792. The van der Waals surface area contributed by atoms with Crippen molar-refractivity contribution in [3.8, 4) is 11.5 Å². The van der Waals surface area contributed by atoms with Gasteiger partial charge >= 0.3 is 0 Å². The average molecular weight is 221 g/mol. The topological polar surface area (TPSA) is 49.8 Å². The van der Waals surface area contributed by atoms with E-state index in [9.17, 15) is 9.90 Å². The summed E-state index contributed by atoms with van der Waals surface area (Å²) in [6, 6.07) is 4.88. The number of hydrogen-bond acceptors (Lipinski definition) is 3. The molecule has 0 radical (unpaired) electrons. The highest BCUT2D eigenvalue weighted by molar-refractivity contribution is 5.94. The van der Waals surface area contributed by atoms with Crippen molar-refractivity contribution < 1.29 is 14.6 Å². The standard InChI is InChI=1S/C12H15NO3/c1-16-11-7-9(6-10(14)8-11)13-5-3-2-4-12(13)15/h6-8,14H,2-5H2,1H3. The first-order valence-corrected chi connectivity index (χ1v) is 5.39. The van der Waals surface area contributed by atoms with Gasteiger partial charge in [-0.05, 0) is 12.8 Å². The van der Waals surface area contributed by atoms with Gasteiger partial charge in [0, 0.05) is 31.2 Å². The largest absolute Gasteiger partial charge is 0.508 e. The van der Waals surface area contributed by atoms with Gasteiger partial charge in [-0.3, -0.25) is 4.79 Å². The molecule has 4 heteroatoms. The fourth-order valence-corrected chi connectivity index (χ4v) is 1.92. The van der Waals surface area contributed by atoms with Gasteiger partial charge in [-0.15, -0.1) is 0 Å². The van der Waals surface area contributed by atoms with Crippen LogP contribution in [0, 0.1) is 0 Å². The van der Waals surface area contributed by atoms with Gasteiger partial charge < -0.3 is 14.7 Å². The molecule has 16 heavy (non-hydrogen) atoms. The third kappa shape index (κ3) is 2.10. The van der Waals surface area contributed by atoms with Gasteiger partial charge in [0.25, 0.3) is 0 Å². The Labute approximate surface area is 94.4 Å². The zero-order chi connectivity index (χ0) is 11.5. The smallest absolute Gasteiger partial charge is 0.226 e. The summed E-state index contributed by atoms with van der Waals surface area (Å²) in [6.07, 6.45) is 2.53. The second-order valence-electron chi connectivity index (χ2n) is 3.89. The van der Waals surface area contributed by atoms with Crippen LogP contribution in [0.3, 0.4) is 0 Å². The van der Waals surface area contributed by atoms with Crippen molar-refractivity contribution in [2.75, 3.05) is 18.6 Å². The number of rotatable bonds is 2. The number of aromatic hydroxyl groups is 1. The van der Waals surface area contributed by atoms with Crippen molar-refractivity contribution in [1.29, 1.82) is 0 Å². The molecule has 0 aliphatic carbocycles. The molecule has 1 N–H and O–H groups in total. The van der Waals surface area contributed by atoms with Crippen LogP contribution in [-0.4, -0.2) is 24.7 Å². The molecule has 0 atom stereocenters. The Morgan fingerprint density at radius 2 is 2.12 bits per heavy atom. The highest BCUT2D eigenvalue weighted by Gasteiger charge is 2.20. The van der Waals surface area contributed by atoms with E-state index in [0.29, 0.717) is 24.4 Å². The fraction of sp³-hybridized carbons (Fsp3) is 0.417. The normalized spacial score (nSPS) is 16.3. The molecular formula is C12H15NO3. The first-order valence-electron chi connectivity index (χ1n) is 5.39. The van der Waals surface area contributed by atoms with Crippen molar-refractivity contribution in [2.45, 2.75) is 19.3 Å². The van der Waals surface area contributed by atoms with Crippen molar-refractivity contribution >= 4 is 11.6 Å². The maximum Gasteiger partial charge on any atom is 0.226 e. The van der Waals surface area contributed by atoms with Crippen LogP contribution in [0.15, 0.2) is 18.2 Å². The molecule has 4 nitrogen and oxygen atoms in total. The van der Waals surface area contributed by atoms with Gasteiger partial charge in [0.2, 0.25) is 5.91 Å². The minimum atomic E-state index is 0.110. The number of carbonyl (C=O) groups is 1. The van der Waals surface area contributed by atoms with Crippen LogP contribution in [0.4, 0.5) is 5.69 Å². The van der Waals surface area contributed by atoms with E-state index in [2.05, 4.69) is 0 Å². The SMILES string of the molecule is COc1cc(O)cc(N2CCCCC2=O)c1. The van der Waals surface area contributed by atoms with E-state index in [1.54, 1.807) is 17.0 Å². The Kier molecular flexibility index (Phi) is 2.99. The first kappa shape index (κ1) is 10.8. The molecular weight excluding hydrogens is 206 g/mol. The molecule has 0 unspecified atom stereocenters. The predicted molar refractivity (Wildman–Crippen MR) is 60.9 cm³/mol. The molecule has 86 valence electrons. The van der Waals surface area contributed by atoms with Gasteiger partial charge in [0.05, 0.1) is 12.8 Å². The number of phenolic OH excluding ortho intramolecular Hbond substituents is 1. The molecule has 1 aliphatic heterocycles. The van der Waals surface area contributed by atoms with Gasteiger partial charge in [0.15, 0.2) is 0 Å². The van der Waals surface area contributed by atoms with Crippen molar-refractivity contribution in [2.24, 2.45) is 0 Å². The van der Waals surface area contributed by atoms with E-state index in [4.69, 9.17) is 4.74 Å². The number of ether oxygens (including phenoxy) is 1. The third-order valence-electron chi connectivity index (χ3n) is 2.75. The number of benzene rings is 1. The van der Waals surface area contributed by atoms with E-state index in [-0.39, 0.29) is 11.7 Å². The maximum absolute atomic E-state index is 11.7. The second-order valence-corrected chi connectivity index (χ2v) is 3.89. The van der Waals surface area contributed by atoms with Crippen LogP contribution in [0.1, 0.15) is 19.3 Å². The number of piperidine rings is 1. The summed E-state index contributed by atoms with van der Waals surface area (Å²) in [5, 5.41) is 9.52. The lowest BCUT2D eigenvalue weighted by molar-refractivity contribution is -0.119. The van der Waals surface area contributed by atoms with E-state index in [1.807, 2.05) is 0 Å². The van der Waals surface area contributed by atoms with Gasteiger partial charge in [-0.25, -0.2) is 0 Å². The predicted octanol–water partition coefficient (Wildman–Crippen LogP) is 1.92. The van der Waals surface area contributed by atoms with Crippen LogP contribution in [0.25, 0.3) is 0 Å². The molecule has 0 spiro atoms. The van der Waals surface area contributed by atoms with E-state index in [0.717, 1.165) is 12.8 Å². The number of anilines is 1. The molecule has 1 aliphatic rings. The summed E-state index contributed by atoms with van der Waals surface area (Å²) in [6.45, 7) is 0.714. The number of methoxy groups -OCH3 is 1. The van der Waals surface area contributed by atoms with Gasteiger partial charge in [-0.1, -0.05) is 0 Å². The lowest BCUT2D eigenvalue weighted by atomic mass is 10.1. The molecule has 1 saturated heterocycles. The lowest BCUT2D eigenvalue weighted by Gasteiger charge is -2.27. The van der Waals surface area contributed by atoms with Crippen molar-refractivity contribution in [1.82, 2.24) is 0 Å². The number of phenols is 1. The third-order valence-corrected chi connectivity index (χ3v) is 2.75. The van der Waals surface area contributed by atoms with Crippen molar-refractivity contribution in [3.63, 3.8) is 0 Å². The second kappa shape index (κ2) is 4.43. The highest BCUT2D eigenvalue weighted by Crippen LogP contribution is 2.29. The molecule has 1 heterocycles. The van der Waals surface area contributed by atoms with Crippen LogP contribution in [-0.2, 0) is 4.79 Å². The summed E-state index contributed by atoms with van der Waals surface area (Å²) in [7, 11) is 1.54.